The van der Waals surface area contributed by atoms with Crippen LogP contribution in [0.2, 0.25) is 5.02 Å². The number of aryl methyl sites for hydroxylation is 1. The van der Waals surface area contributed by atoms with Gasteiger partial charge in [-0.15, -0.1) is 0 Å². The lowest BCUT2D eigenvalue weighted by molar-refractivity contribution is 0.478. The quantitative estimate of drug-likeness (QED) is 0.842. The molecule has 0 aliphatic carbocycles. The Hall–Kier alpha value is -1.51. The summed E-state index contributed by atoms with van der Waals surface area (Å²) in [4.78, 5) is 0. The summed E-state index contributed by atoms with van der Waals surface area (Å²) in [6.45, 7) is 7.21. The first-order chi connectivity index (χ1) is 9.54. The summed E-state index contributed by atoms with van der Waals surface area (Å²) in [5.41, 5.74) is 2.38. The van der Waals surface area contributed by atoms with E-state index in [0.29, 0.717) is 11.1 Å². The van der Waals surface area contributed by atoms with Gasteiger partial charge >= 0.3 is 0 Å². The number of nitrogens with one attached hydrogen (secondary N) is 1. The molecule has 0 atom stereocenters. The van der Waals surface area contributed by atoms with Crippen LogP contribution in [0.25, 0.3) is 0 Å². The van der Waals surface area contributed by atoms with Gasteiger partial charge in [-0.25, -0.2) is 0 Å². The molecule has 0 spiro atoms. The minimum Gasteiger partial charge on any atom is -0.457 e. The number of benzene rings is 2. The Balaban J connectivity index is 2.09. The van der Waals surface area contributed by atoms with Gasteiger partial charge in [-0.3, -0.25) is 0 Å². The maximum atomic E-state index is 5.96. The Morgan fingerprint density at radius 2 is 1.95 bits per heavy atom. The molecule has 2 rings (SSSR count). The minimum atomic E-state index is 0.484. The van der Waals surface area contributed by atoms with E-state index in [1.165, 1.54) is 5.56 Å². The molecule has 0 aliphatic rings. The minimum absolute atomic E-state index is 0.484. The number of halogens is 1. The van der Waals surface area contributed by atoms with E-state index < -0.39 is 0 Å². The van der Waals surface area contributed by atoms with E-state index in [-0.39, 0.29) is 0 Å². The maximum Gasteiger partial charge on any atom is 0.130 e. The van der Waals surface area contributed by atoms with Crippen molar-refractivity contribution in [3.8, 4) is 11.5 Å². The average molecular weight is 290 g/mol. The summed E-state index contributed by atoms with van der Waals surface area (Å²) in [6.07, 6.45) is 0. The Kier molecular flexibility index (Phi) is 5.05. The highest BCUT2D eigenvalue weighted by Crippen LogP contribution is 2.27. The first-order valence-electron chi connectivity index (χ1n) is 6.81. The van der Waals surface area contributed by atoms with Gasteiger partial charge in [0.2, 0.25) is 0 Å². The van der Waals surface area contributed by atoms with Crippen LogP contribution < -0.4 is 10.1 Å². The molecule has 1 N–H and O–H groups in total. The van der Waals surface area contributed by atoms with Gasteiger partial charge < -0.3 is 10.1 Å². The molecule has 0 saturated heterocycles. The molecule has 2 aromatic rings. The lowest BCUT2D eigenvalue weighted by Gasteiger charge is -2.12. The summed E-state index contributed by atoms with van der Waals surface area (Å²) in [6, 6.07) is 14.2. The molecule has 3 heteroatoms. The van der Waals surface area contributed by atoms with Gasteiger partial charge in [-0.1, -0.05) is 43.6 Å². The molecule has 0 amide bonds. The van der Waals surface area contributed by atoms with Crippen molar-refractivity contribution < 1.29 is 4.74 Å². The predicted octanol–water partition coefficient (Wildman–Crippen LogP) is 4.94. The second kappa shape index (κ2) is 6.78. The molecule has 0 radical (unpaired) electrons. The molecule has 0 bridgehead atoms. The van der Waals surface area contributed by atoms with Crippen LogP contribution in [0.3, 0.4) is 0 Å². The van der Waals surface area contributed by atoms with Crippen LogP contribution in [0.15, 0.2) is 42.5 Å². The summed E-state index contributed by atoms with van der Waals surface area (Å²) >= 11 is 5.96. The van der Waals surface area contributed by atoms with Crippen LogP contribution >= 0.6 is 11.6 Å². The van der Waals surface area contributed by atoms with Crippen LogP contribution in [-0.2, 0) is 6.54 Å². The first-order valence-corrected chi connectivity index (χ1v) is 7.19. The van der Waals surface area contributed by atoms with E-state index in [1.807, 2.05) is 30.3 Å². The van der Waals surface area contributed by atoms with Crippen molar-refractivity contribution in [1.82, 2.24) is 5.32 Å². The molecule has 0 aromatic heterocycles. The smallest absolute Gasteiger partial charge is 0.130 e. The topological polar surface area (TPSA) is 21.3 Å². The summed E-state index contributed by atoms with van der Waals surface area (Å²) in [5, 5.41) is 4.09. The highest BCUT2D eigenvalue weighted by atomic mass is 35.5. The molecule has 0 fully saturated rings. The highest BCUT2D eigenvalue weighted by molar-refractivity contribution is 6.30. The van der Waals surface area contributed by atoms with Gasteiger partial charge in [0, 0.05) is 17.6 Å². The van der Waals surface area contributed by atoms with Crippen molar-refractivity contribution in [2.75, 3.05) is 0 Å². The van der Waals surface area contributed by atoms with E-state index >= 15 is 0 Å². The second-order valence-corrected chi connectivity index (χ2v) is 5.63. The zero-order valence-electron chi connectivity index (χ0n) is 12.1. The second-order valence-electron chi connectivity index (χ2n) is 5.19. The summed E-state index contributed by atoms with van der Waals surface area (Å²) in [5.74, 6) is 1.62. The Morgan fingerprint density at radius 3 is 2.60 bits per heavy atom. The van der Waals surface area contributed by atoms with Gasteiger partial charge in [-0.2, -0.15) is 0 Å². The van der Waals surface area contributed by atoms with Crippen molar-refractivity contribution in [2.24, 2.45) is 0 Å². The normalized spacial score (nSPS) is 10.8. The van der Waals surface area contributed by atoms with Crippen LogP contribution in [-0.4, -0.2) is 6.04 Å². The number of ether oxygens (including phenoxy) is 1. The van der Waals surface area contributed by atoms with E-state index in [2.05, 4.69) is 38.2 Å². The Labute approximate surface area is 125 Å². The highest BCUT2D eigenvalue weighted by Gasteiger charge is 2.04. The molecule has 0 heterocycles. The monoisotopic (exact) mass is 289 g/mol. The molecule has 0 unspecified atom stereocenters. The van der Waals surface area contributed by atoms with Crippen molar-refractivity contribution in [1.29, 1.82) is 0 Å². The van der Waals surface area contributed by atoms with Gasteiger partial charge in [0.25, 0.3) is 0 Å². The summed E-state index contributed by atoms with van der Waals surface area (Å²) in [7, 11) is 0. The first kappa shape index (κ1) is 14.9. The van der Waals surface area contributed by atoms with E-state index in [4.69, 9.17) is 16.3 Å². The number of hydrogen-bond acceptors (Lipinski definition) is 2. The predicted molar refractivity (Wildman–Crippen MR) is 84.7 cm³/mol. The Bertz CT molecular complexity index is 581. The van der Waals surface area contributed by atoms with E-state index in [0.717, 1.165) is 23.6 Å². The molecule has 106 valence electrons. The fourth-order valence-corrected chi connectivity index (χ4v) is 2.10. The van der Waals surface area contributed by atoms with Crippen molar-refractivity contribution in [2.45, 2.75) is 33.4 Å². The molecule has 0 saturated carbocycles. The average Bonchev–Trinajstić information content (AvgIpc) is 2.39. The molecule has 2 aromatic carbocycles. The Morgan fingerprint density at radius 1 is 1.15 bits per heavy atom. The molecular formula is C17H20ClNO. The van der Waals surface area contributed by atoms with Gasteiger partial charge in [0.15, 0.2) is 0 Å². The maximum absolute atomic E-state index is 5.96. The van der Waals surface area contributed by atoms with Crippen molar-refractivity contribution >= 4 is 11.6 Å². The fourth-order valence-electron chi connectivity index (χ4n) is 1.92. The van der Waals surface area contributed by atoms with Crippen molar-refractivity contribution in [3.05, 3.63) is 58.6 Å². The third kappa shape index (κ3) is 4.26. The fraction of sp³-hybridized carbons (Fsp3) is 0.294. The zero-order chi connectivity index (χ0) is 14.5. The van der Waals surface area contributed by atoms with Crippen LogP contribution in [0.1, 0.15) is 25.0 Å². The van der Waals surface area contributed by atoms with Crippen LogP contribution in [0, 0.1) is 6.92 Å². The van der Waals surface area contributed by atoms with Gasteiger partial charge in [0.1, 0.15) is 11.5 Å². The molecule has 0 aliphatic heterocycles. The third-order valence-electron chi connectivity index (χ3n) is 2.98. The number of rotatable bonds is 5. The summed E-state index contributed by atoms with van der Waals surface area (Å²) < 4.78 is 5.87. The van der Waals surface area contributed by atoms with Gasteiger partial charge in [-0.05, 0) is 42.3 Å². The molecule has 2 nitrogen and oxygen atoms in total. The lowest BCUT2D eigenvalue weighted by atomic mass is 10.1. The van der Waals surface area contributed by atoms with Crippen LogP contribution in [0.5, 0.6) is 11.5 Å². The molecular weight excluding hydrogens is 270 g/mol. The number of hydrogen-bond donors (Lipinski definition) is 1. The largest absolute Gasteiger partial charge is 0.457 e. The zero-order valence-corrected chi connectivity index (χ0v) is 12.9. The van der Waals surface area contributed by atoms with Crippen LogP contribution in [0.4, 0.5) is 0 Å². The lowest BCUT2D eigenvalue weighted by Crippen LogP contribution is -2.21. The van der Waals surface area contributed by atoms with E-state index in [9.17, 15) is 0 Å². The molecule has 20 heavy (non-hydrogen) atoms. The van der Waals surface area contributed by atoms with Gasteiger partial charge in [0.05, 0.1) is 0 Å². The van der Waals surface area contributed by atoms with Crippen molar-refractivity contribution in [3.63, 3.8) is 0 Å². The van der Waals surface area contributed by atoms with E-state index in [1.54, 1.807) is 0 Å². The standard InChI is InChI=1S/C17H20ClNO/c1-12(2)19-11-14-7-8-17(13(3)9-14)20-16-6-4-5-15(18)10-16/h4-10,12,19H,11H2,1-3H3. The SMILES string of the molecule is Cc1cc(CNC(C)C)ccc1Oc1cccc(Cl)c1. The third-order valence-corrected chi connectivity index (χ3v) is 3.21.